The fourth-order valence-corrected chi connectivity index (χ4v) is 3.85. The fourth-order valence-electron chi connectivity index (χ4n) is 3.85. The molecule has 0 unspecified atom stereocenters. The van der Waals surface area contributed by atoms with Crippen molar-refractivity contribution in [2.45, 2.75) is 38.3 Å². The summed E-state index contributed by atoms with van der Waals surface area (Å²) >= 11 is 0. The Hall–Kier alpha value is -3.65. The first-order valence-corrected chi connectivity index (χ1v) is 10.6. The molecule has 2 atom stereocenters. The Kier molecular flexibility index (Phi) is 6.51. The fraction of sp³-hybridized carbons (Fsp3) is 0.292. The van der Waals surface area contributed by atoms with Crippen molar-refractivity contribution in [3.05, 3.63) is 60.3 Å². The van der Waals surface area contributed by atoms with Crippen LogP contribution in [0.25, 0.3) is 10.9 Å². The van der Waals surface area contributed by atoms with Crippen molar-refractivity contribution in [1.29, 1.82) is 0 Å². The zero-order chi connectivity index (χ0) is 22.5. The number of H-pyrrole nitrogens is 1. The van der Waals surface area contributed by atoms with Crippen molar-refractivity contribution < 1.29 is 19.1 Å². The lowest BCUT2D eigenvalue weighted by molar-refractivity contribution is -0.125. The van der Waals surface area contributed by atoms with Crippen LogP contribution < -0.4 is 16.0 Å². The lowest BCUT2D eigenvalue weighted by Gasteiger charge is -2.18. The first-order valence-electron chi connectivity index (χ1n) is 10.6. The maximum Gasteiger partial charge on any atom is 0.253 e. The van der Waals surface area contributed by atoms with Crippen molar-refractivity contribution in [3.8, 4) is 0 Å². The molecule has 8 heteroatoms. The standard InChI is InChI=1S/C24H26N4O4/c1-15(29)26-21(13-16-14-25-20-6-3-2-5-19(16)20)23(30)27-17-8-10-18(11-9-17)28-24(31)22-7-4-12-32-22/h2-3,5-6,8-11,14,21-22,25H,4,7,12-13H2,1H3,(H,26,29)(H,27,30)(H,28,31)/t21-,22+/m1/s1. The summed E-state index contributed by atoms with van der Waals surface area (Å²) in [5, 5.41) is 9.42. The van der Waals surface area contributed by atoms with Gasteiger partial charge >= 0.3 is 0 Å². The van der Waals surface area contributed by atoms with E-state index in [4.69, 9.17) is 4.74 Å². The number of para-hydroxylation sites is 1. The van der Waals surface area contributed by atoms with E-state index in [-0.39, 0.29) is 17.7 Å². The number of hydrogen-bond donors (Lipinski definition) is 4. The summed E-state index contributed by atoms with van der Waals surface area (Å²) in [5.41, 5.74) is 3.12. The van der Waals surface area contributed by atoms with Crippen LogP contribution in [0.3, 0.4) is 0 Å². The van der Waals surface area contributed by atoms with Crippen LogP contribution in [0.15, 0.2) is 54.7 Å². The number of ether oxygens (including phenoxy) is 1. The molecule has 0 aliphatic carbocycles. The van der Waals surface area contributed by atoms with Crippen molar-refractivity contribution in [1.82, 2.24) is 10.3 Å². The molecule has 0 radical (unpaired) electrons. The van der Waals surface area contributed by atoms with Crippen LogP contribution in [-0.2, 0) is 25.5 Å². The summed E-state index contributed by atoms with van der Waals surface area (Å²) in [6, 6.07) is 13.9. The van der Waals surface area contributed by atoms with E-state index in [1.807, 2.05) is 30.5 Å². The van der Waals surface area contributed by atoms with Gasteiger partial charge in [0.05, 0.1) is 0 Å². The third-order valence-electron chi connectivity index (χ3n) is 5.44. The summed E-state index contributed by atoms with van der Waals surface area (Å²) in [5.74, 6) is -0.762. The first kappa shape index (κ1) is 21.6. The van der Waals surface area contributed by atoms with Gasteiger partial charge in [0.25, 0.3) is 5.91 Å². The molecule has 166 valence electrons. The molecular formula is C24H26N4O4. The zero-order valence-corrected chi connectivity index (χ0v) is 17.8. The number of rotatable bonds is 7. The summed E-state index contributed by atoms with van der Waals surface area (Å²) in [6.45, 7) is 2.00. The van der Waals surface area contributed by atoms with Crippen molar-refractivity contribution in [3.63, 3.8) is 0 Å². The number of carbonyl (C=O) groups excluding carboxylic acids is 3. The van der Waals surface area contributed by atoms with Crippen molar-refractivity contribution >= 4 is 40.0 Å². The average Bonchev–Trinajstić information content (AvgIpc) is 3.45. The number of nitrogens with one attached hydrogen (secondary N) is 4. The second kappa shape index (κ2) is 9.65. The van der Waals surface area contributed by atoms with Crippen molar-refractivity contribution in [2.75, 3.05) is 17.2 Å². The van der Waals surface area contributed by atoms with E-state index in [9.17, 15) is 14.4 Å². The van der Waals surface area contributed by atoms with Crippen LogP contribution in [0.1, 0.15) is 25.3 Å². The molecule has 1 saturated heterocycles. The summed E-state index contributed by atoms with van der Waals surface area (Å²) in [7, 11) is 0. The van der Waals surface area contributed by atoms with E-state index in [1.54, 1.807) is 24.3 Å². The molecule has 2 aromatic carbocycles. The topological polar surface area (TPSA) is 112 Å². The van der Waals surface area contributed by atoms with Crippen LogP contribution in [0.2, 0.25) is 0 Å². The molecule has 1 fully saturated rings. The molecule has 4 rings (SSSR count). The van der Waals surface area contributed by atoms with E-state index in [1.165, 1.54) is 6.92 Å². The van der Waals surface area contributed by atoms with Gasteiger partial charge in [-0.3, -0.25) is 14.4 Å². The van der Waals surface area contributed by atoms with Gasteiger partial charge in [-0.05, 0) is 48.7 Å². The molecule has 0 saturated carbocycles. The Morgan fingerprint density at radius 3 is 2.47 bits per heavy atom. The Morgan fingerprint density at radius 2 is 1.78 bits per heavy atom. The molecule has 0 bridgehead atoms. The summed E-state index contributed by atoms with van der Waals surface area (Å²) in [6.07, 6.45) is 3.42. The Labute approximate surface area is 185 Å². The van der Waals surface area contributed by atoms with Gasteiger partial charge in [-0.25, -0.2) is 0 Å². The normalized spacial score (nSPS) is 16.5. The van der Waals surface area contributed by atoms with Crippen LogP contribution in [0.4, 0.5) is 11.4 Å². The molecule has 4 N–H and O–H groups in total. The van der Waals surface area contributed by atoms with Crippen molar-refractivity contribution in [2.24, 2.45) is 0 Å². The minimum atomic E-state index is -0.731. The zero-order valence-electron chi connectivity index (χ0n) is 17.8. The monoisotopic (exact) mass is 434 g/mol. The van der Waals surface area contributed by atoms with Gasteiger partial charge in [-0.15, -0.1) is 0 Å². The predicted octanol–water partition coefficient (Wildman–Crippen LogP) is 2.97. The minimum Gasteiger partial charge on any atom is -0.368 e. The SMILES string of the molecule is CC(=O)N[C@H](Cc1c[nH]c2ccccc12)C(=O)Nc1ccc(NC(=O)[C@@H]2CCCO2)cc1. The van der Waals surface area contributed by atoms with Crippen LogP contribution >= 0.6 is 0 Å². The van der Waals surface area contributed by atoms with Crippen LogP contribution in [0, 0.1) is 0 Å². The van der Waals surface area contributed by atoms with Gasteiger partial charge in [0.15, 0.2) is 0 Å². The molecule has 2 heterocycles. The highest BCUT2D eigenvalue weighted by Gasteiger charge is 2.24. The molecule has 1 aliphatic heterocycles. The smallest absolute Gasteiger partial charge is 0.253 e. The maximum absolute atomic E-state index is 12.9. The van der Waals surface area contributed by atoms with E-state index < -0.39 is 12.1 Å². The molecular weight excluding hydrogens is 408 g/mol. The molecule has 1 aromatic heterocycles. The molecule has 0 spiro atoms. The molecule has 8 nitrogen and oxygen atoms in total. The van der Waals surface area contributed by atoms with E-state index in [0.717, 1.165) is 29.3 Å². The largest absolute Gasteiger partial charge is 0.368 e. The van der Waals surface area contributed by atoms with E-state index in [0.29, 0.717) is 24.4 Å². The van der Waals surface area contributed by atoms with Crippen LogP contribution in [0.5, 0.6) is 0 Å². The Morgan fingerprint density at radius 1 is 1.06 bits per heavy atom. The first-order chi connectivity index (χ1) is 15.5. The molecule has 1 aliphatic rings. The van der Waals surface area contributed by atoms with Gasteiger partial charge in [0.1, 0.15) is 12.1 Å². The van der Waals surface area contributed by atoms with Gasteiger partial charge < -0.3 is 25.7 Å². The highest BCUT2D eigenvalue weighted by molar-refractivity contribution is 5.98. The summed E-state index contributed by atoms with van der Waals surface area (Å²) in [4.78, 5) is 40.0. The Balaban J connectivity index is 1.41. The number of anilines is 2. The predicted molar refractivity (Wildman–Crippen MR) is 122 cm³/mol. The summed E-state index contributed by atoms with van der Waals surface area (Å²) < 4.78 is 5.39. The van der Waals surface area contributed by atoms with Gasteiger partial charge in [-0.2, -0.15) is 0 Å². The lowest BCUT2D eigenvalue weighted by Crippen LogP contribution is -2.44. The van der Waals surface area contributed by atoms with E-state index >= 15 is 0 Å². The number of fused-ring (bicyclic) bond motifs is 1. The third-order valence-corrected chi connectivity index (χ3v) is 5.44. The van der Waals surface area contributed by atoms with Crippen LogP contribution in [-0.4, -0.2) is 41.5 Å². The molecule has 3 aromatic rings. The van der Waals surface area contributed by atoms with Gasteiger partial charge in [0.2, 0.25) is 11.8 Å². The number of benzene rings is 2. The average molecular weight is 434 g/mol. The highest BCUT2D eigenvalue weighted by Crippen LogP contribution is 2.21. The molecule has 32 heavy (non-hydrogen) atoms. The second-order valence-corrected chi connectivity index (χ2v) is 7.87. The number of aromatic amines is 1. The van der Waals surface area contributed by atoms with Gasteiger partial charge in [0, 0.05) is 48.4 Å². The van der Waals surface area contributed by atoms with E-state index in [2.05, 4.69) is 20.9 Å². The number of amides is 3. The third kappa shape index (κ3) is 5.15. The Bertz CT molecular complexity index is 1120. The number of hydrogen-bond acceptors (Lipinski definition) is 4. The van der Waals surface area contributed by atoms with Gasteiger partial charge in [-0.1, -0.05) is 18.2 Å². The second-order valence-electron chi connectivity index (χ2n) is 7.87. The quantitative estimate of drug-likeness (QED) is 0.458. The molecule has 3 amide bonds. The lowest BCUT2D eigenvalue weighted by atomic mass is 10.0. The number of carbonyl (C=O) groups is 3. The number of aromatic nitrogens is 1. The minimum absolute atomic E-state index is 0.163. The highest BCUT2D eigenvalue weighted by atomic mass is 16.5. The maximum atomic E-state index is 12.9.